The molecule has 6 heteroatoms. The Morgan fingerprint density at radius 2 is 2.11 bits per heavy atom. The van der Waals surface area contributed by atoms with Crippen molar-refractivity contribution in [1.82, 2.24) is 14.8 Å². The third-order valence-corrected chi connectivity index (χ3v) is 2.82. The van der Waals surface area contributed by atoms with Crippen LogP contribution >= 0.6 is 0 Å². The lowest BCUT2D eigenvalue weighted by Gasteiger charge is -2.22. The number of nitrogens with two attached hydrogens (primary N) is 1. The number of hydrogen-bond donors (Lipinski definition) is 1. The first-order chi connectivity index (χ1) is 8.95. The van der Waals surface area contributed by atoms with Gasteiger partial charge in [0.05, 0.1) is 11.8 Å². The molecule has 0 fully saturated rings. The van der Waals surface area contributed by atoms with Crippen molar-refractivity contribution >= 4 is 11.7 Å². The van der Waals surface area contributed by atoms with Crippen LogP contribution in [-0.2, 0) is 0 Å². The van der Waals surface area contributed by atoms with Gasteiger partial charge < -0.3 is 15.5 Å². The van der Waals surface area contributed by atoms with Gasteiger partial charge in [-0.2, -0.15) is 0 Å². The van der Waals surface area contributed by atoms with Gasteiger partial charge in [0.25, 0.3) is 5.91 Å². The summed E-state index contributed by atoms with van der Waals surface area (Å²) in [6.07, 6.45) is 1.86. The van der Waals surface area contributed by atoms with E-state index in [2.05, 4.69) is 9.88 Å². The summed E-state index contributed by atoms with van der Waals surface area (Å²) in [5.74, 6) is -0.759. The zero-order chi connectivity index (χ0) is 14.4. The van der Waals surface area contributed by atoms with Crippen molar-refractivity contribution in [3.8, 4) is 0 Å². The van der Waals surface area contributed by atoms with Crippen molar-refractivity contribution in [3.05, 3.63) is 23.6 Å². The van der Waals surface area contributed by atoms with E-state index in [0.717, 1.165) is 25.2 Å². The number of hydrogen-bond acceptors (Lipinski definition) is 4. The van der Waals surface area contributed by atoms with Gasteiger partial charge in [-0.3, -0.25) is 4.79 Å². The van der Waals surface area contributed by atoms with Crippen LogP contribution in [0.2, 0.25) is 0 Å². The van der Waals surface area contributed by atoms with Gasteiger partial charge in [0.1, 0.15) is 11.6 Å². The minimum atomic E-state index is -0.554. The Morgan fingerprint density at radius 3 is 2.68 bits per heavy atom. The van der Waals surface area contributed by atoms with Crippen molar-refractivity contribution in [2.24, 2.45) is 0 Å². The van der Waals surface area contributed by atoms with E-state index in [1.54, 1.807) is 4.90 Å². The topological polar surface area (TPSA) is 62.5 Å². The highest BCUT2D eigenvalue weighted by Gasteiger charge is 2.18. The smallest absolute Gasteiger partial charge is 0.257 e. The average Bonchev–Trinajstić information content (AvgIpc) is 2.36. The van der Waals surface area contributed by atoms with Gasteiger partial charge in [0, 0.05) is 13.1 Å². The molecule has 0 bridgehead atoms. The normalized spacial score (nSPS) is 10.8. The van der Waals surface area contributed by atoms with Crippen LogP contribution in [0.1, 0.15) is 23.7 Å². The number of rotatable bonds is 6. The number of nitrogen functional groups attached to an aromatic ring is 1. The fourth-order valence-electron chi connectivity index (χ4n) is 1.77. The highest BCUT2D eigenvalue weighted by atomic mass is 19.1. The quantitative estimate of drug-likeness (QED) is 0.842. The van der Waals surface area contributed by atoms with E-state index in [9.17, 15) is 9.18 Å². The molecular formula is C13H21FN4O. The third-order valence-electron chi connectivity index (χ3n) is 2.82. The zero-order valence-corrected chi connectivity index (χ0v) is 11.7. The molecule has 5 nitrogen and oxygen atoms in total. The monoisotopic (exact) mass is 268 g/mol. The summed E-state index contributed by atoms with van der Waals surface area (Å²) < 4.78 is 13.1. The second-order valence-corrected chi connectivity index (χ2v) is 4.63. The lowest BCUT2D eigenvalue weighted by atomic mass is 10.2. The van der Waals surface area contributed by atoms with Crippen LogP contribution in [0.25, 0.3) is 0 Å². The Balaban J connectivity index is 2.75. The number of nitrogens with zero attached hydrogens (tertiary/aromatic N) is 3. The lowest BCUT2D eigenvalue weighted by molar-refractivity contribution is 0.0759. The molecule has 1 aromatic heterocycles. The molecule has 19 heavy (non-hydrogen) atoms. The van der Waals surface area contributed by atoms with Crippen LogP contribution in [0, 0.1) is 5.82 Å². The molecule has 2 N–H and O–H groups in total. The molecule has 0 saturated heterocycles. The summed E-state index contributed by atoms with van der Waals surface area (Å²) in [6.45, 7) is 3.95. The molecule has 1 amide bonds. The maximum Gasteiger partial charge on any atom is 0.257 e. The van der Waals surface area contributed by atoms with Gasteiger partial charge in [0.2, 0.25) is 0 Å². The summed E-state index contributed by atoms with van der Waals surface area (Å²) in [5, 5.41) is 0. The standard InChI is InChI=1S/C13H21FN4O/c1-4-18(7-5-6-17(2)3)13(19)11-8-10(14)9-16-12(11)15/h8-9H,4-7H2,1-3H3,(H2,15,16). The first-order valence-corrected chi connectivity index (χ1v) is 6.30. The van der Waals surface area contributed by atoms with Crippen LogP contribution in [0.3, 0.4) is 0 Å². The molecule has 0 aliphatic carbocycles. The Kier molecular flexibility index (Phi) is 5.69. The molecule has 0 unspecified atom stereocenters. The van der Waals surface area contributed by atoms with Crippen molar-refractivity contribution in [3.63, 3.8) is 0 Å². The Labute approximate surface area is 113 Å². The van der Waals surface area contributed by atoms with Gasteiger partial charge >= 0.3 is 0 Å². The number of anilines is 1. The highest BCUT2D eigenvalue weighted by Crippen LogP contribution is 2.13. The molecular weight excluding hydrogens is 247 g/mol. The van der Waals surface area contributed by atoms with Crippen molar-refractivity contribution in [1.29, 1.82) is 0 Å². The van der Waals surface area contributed by atoms with Crippen LogP contribution in [0.5, 0.6) is 0 Å². The number of halogens is 1. The summed E-state index contributed by atoms with van der Waals surface area (Å²) in [7, 11) is 3.96. The summed E-state index contributed by atoms with van der Waals surface area (Å²) in [6, 6.07) is 1.14. The Hall–Kier alpha value is -1.69. The predicted molar refractivity (Wildman–Crippen MR) is 73.4 cm³/mol. The van der Waals surface area contributed by atoms with E-state index in [0.29, 0.717) is 13.1 Å². The molecule has 0 aliphatic heterocycles. The summed E-state index contributed by atoms with van der Waals surface area (Å²) in [4.78, 5) is 19.6. The number of carbonyl (C=O) groups is 1. The summed E-state index contributed by atoms with van der Waals surface area (Å²) >= 11 is 0. The first kappa shape index (κ1) is 15.4. The number of carbonyl (C=O) groups excluding carboxylic acids is 1. The highest BCUT2D eigenvalue weighted by molar-refractivity contribution is 5.98. The van der Waals surface area contributed by atoms with Crippen LogP contribution in [0.15, 0.2) is 12.3 Å². The van der Waals surface area contributed by atoms with Crippen molar-refractivity contribution in [2.75, 3.05) is 39.5 Å². The number of aromatic nitrogens is 1. The van der Waals surface area contributed by atoms with Crippen LogP contribution in [0.4, 0.5) is 10.2 Å². The average molecular weight is 268 g/mol. The van der Waals surface area contributed by atoms with Crippen molar-refractivity contribution < 1.29 is 9.18 Å². The molecule has 106 valence electrons. The molecule has 0 spiro atoms. The van der Waals surface area contributed by atoms with E-state index in [-0.39, 0.29) is 17.3 Å². The number of amides is 1. The fourth-order valence-corrected chi connectivity index (χ4v) is 1.77. The molecule has 1 heterocycles. The SMILES string of the molecule is CCN(CCCN(C)C)C(=O)c1cc(F)cnc1N. The Morgan fingerprint density at radius 1 is 1.42 bits per heavy atom. The second-order valence-electron chi connectivity index (χ2n) is 4.63. The lowest BCUT2D eigenvalue weighted by Crippen LogP contribution is -2.34. The number of pyridine rings is 1. The minimum absolute atomic E-state index is 0.0671. The second kappa shape index (κ2) is 7.04. The molecule has 0 aliphatic rings. The molecule has 0 radical (unpaired) electrons. The maximum atomic E-state index is 13.1. The van der Waals surface area contributed by atoms with Gasteiger partial charge in [-0.15, -0.1) is 0 Å². The van der Waals surface area contributed by atoms with E-state index in [4.69, 9.17) is 5.73 Å². The molecule has 0 atom stereocenters. The minimum Gasteiger partial charge on any atom is -0.383 e. The van der Waals surface area contributed by atoms with Crippen LogP contribution < -0.4 is 5.73 Å². The van der Waals surface area contributed by atoms with Crippen LogP contribution in [-0.4, -0.2) is 54.4 Å². The van der Waals surface area contributed by atoms with E-state index in [1.807, 2.05) is 21.0 Å². The Bertz CT molecular complexity index is 437. The van der Waals surface area contributed by atoms with Crippen molar-refractivity contribution in [2.45, 2.75) is 13.3 Å². The predicted octanol–water partition coefficient (Wildman–Crippen LogP) is 1.22. The van der Waals surface area contributed by atoms with Gasteiger partial charge in [0.15, 0.2) is 0 Å². The van der Waals surface area contributed by atoms with E-state index >= 15 is 0 Å². The largest absolute Gasteiger partial charge is 0.383 e. The van der Waals surface area contributed by atoms with Gasteiger partial charge in [-0.05, 0) is 40.1 Å². The van der Waals surface area contributed by atoms with Gasteiger partial charge in [-0.25, -0.2) is 9.37 Å². The third kappa shape index (κ3) is 4.48. The molecule has 0 aromatic carbocycles. The first-order valence-electron chi connectivity index (χ1n) is 6.30. The van der Waals surface area contributed by atoms with E-state index in [1.165, 1.54) is 0 Å². The molecule has 1 rings (SSSR count). The fraction of sp³-hybridized carbons (Fsp3) is 0.538. The van der Waals surface area contributed by atoms with E-state index < -0.39 is 5.82 Å². The molecule has 0 saturated carbocycles. The van der Waals surface area contributed by atoms with Gasteiger partial charge in [-0.1, -0.05) is 0 Å². The molecule has 1 aromatic rings. The zero-order valence-electron chi connectivity index (χ0n) is 11.7. The maximum absolute atomic E-state index is 13.1. The summed E-state index contributed by atoms with van der Waals surface area (Å²) in [5.41, 5.74) is 5.76.